The Morgan fingerprint density at radius 2 is 1.92 bits per heavy atom. The first kappa shape index (κ1) is 16.3. The molecular formula is C19H18N2O2S. The topological polar surface area (TPSA) is 44.1 Å². The van der Waals surface area contributed by atoms with Crippen LogP contribution in [0.2, 0.25) is 0 Å². The third-order valence-corrected chi connectivity index (χ3v) is 4.38. The highest BCUT2D eigenvalue weighted by Gasteiger charge is 2.11. The molecule has 0 fully saturated rings. The van der Waals surface area contributed by atoms with Crippen LogP contribution in [0.15, 0.2) is 71.9 Å². The molecule has 4 nitrogen and oxygen atoms in total. The highest BCUT2D eigenvalue weighted by Crippen LogP contribution is 2.29. The van der Waals surface area contributed by atoms with Crippen LogP contribution in [0.4, 0.5) is 0 Å². The predicted molar refractivity (Wildman–Crippen MR) is 95.6 cm³/mol. The summed E-state index contributed by atoms with van der Waals surface area (Å²) in [6.45, 7) is 2.75. The van der Waals surface area contributed by atoms with Gasteiger partial charge in [-0.1, -0.05) is 31.2 Å². The van der Waals surface area contributed by atoms with Crippen molar-refractivity contribution in [3.8, 4) is 5.75 Å². The van der Waals surface area contributed by atoms with Crippen LogP contribution in [0.3, 0.4) is 0 Å². The van der Waals surface area contributed by atoms with Gasteiger partial charge in [-0.2, -0.15) is 5.10 Å². The lowest BCUT2D eigenvalue weighted by atomic mass is 10.1. The van der Waals surface area contributed by atoms with E-state index in [1.807, 2.05) is 53.3 Å². The van der Waals surface area contributed by atoms with Gasteiger partial charge in [-0.3, -0.25) is 4.68 Å². The van der Waals surface area contributed by atoms with Gasteiger partial charge in [-0.15, -0.1) is 11.8 Å². The fraction of sp³-hybridized carbons (Fsp3) is 0.158. The minimum absolute atomic E-state index is 0.343. The second-order valence-electron chi connectivity index (χ2n) is 5.17. The second kappa shape index (κ2) is 7.84. The summed E-state index contributed by atoms with van der Waals surface area (Å²) in [6, 6.07) is 16.9. The standard InChI is InChI=1S/C19H18N2O2S/c1-2-24-18-7-4-3-6-17(18)23-19(22)16-10-8-15(9-11-16)14-21-13-5-12-20-21/h3-13H,2,14H2,1H3. The molecule has 1 aromatic heterocycles. The molecule has 3 aromatic rings. The molecule has 0 unspecified atom stereocenters. The monoisotopic (exact) mass is 338 g/mol. The van der Waals surface area contributed by atoms with E-state index in [1.54, 1.807) is 30.1 Å². The zero-order valence-corrected chi connectivity index (χ0v) is 14.2. The van der Waals surface area contributed by atoms with E-state index in [9.17, 15) is 4.79 Å². The van der Waals surface area contributed by atoms with Gasteiger partial charge in [0.15, 0.2) is 0 Å². The molecule has 0 bridgehead atoms. The third kappa shape index (κ3) is 4.06. The maximum atomic E-state index is 12.3. The fourth-order valence-electron chi connectivity index (χ4n) is 2.30. The molecule has 0 spiro atoms. The Labute approximate surface area is 145 Å². The summed E-state index contributed by atoms with van der Waals surface area (Å²) in [7, 11) is 0. The minimum Gasteiger partial charge on any atom is -0.422 e. The Kier molecular flexibility index (Phi) is 5.33. The molecule has 0 saturated carbocycles. The van der Waals surface area contributed by atoms with Gasteiger partial charge < -0.3 is 4.74 Å². The molecule has 3 rings (SSSR count). The van der Waals surface area contributed by atoms with Crippen LogP contribution in [0.1, 0.15) is 22.8 Å². The van der Waals surface area contributed by atoms with Crippen molar-refractivity contribution < 1.29 is 9.53 Å². The molecule has 0 radical (unpaired) electrons. The quantitative estimate of drug-likeness (QED) is 0.383. The molecule has 122 valence electrons. The number of hydrogen-bond acceptors (Lipinski definition) is 4. The Balaban J connectivity index is 1.69. The van der Waals surface area contributed by atoms with Gasteiger partial charge >= 0.3 is 5.97 Å². The van der Waals surface area contributed by atoms with Gasteiger partial charge in [0, 0.05) is 12.4 Å². The molecule has 0 aliphatic rings. The number of ether oxygens (including phenoxy) is 1. The summed E-state index contributed by atoms with van der Waals surface area (Å²) >= 11 is 1.66. The molecular weight excluding hydrogens is 320 g/mol. The number of carbonyl (C=O) groups is 1. The Bertz CT molecular complexity index is 798. The molecule has 0 aliphatic carbocycles. The molecule has 0 aliphatic heterocycles. The lowest BCUT2D eigenvalue weighted by Gasteiger charge is -2.09. The molecule has 1 heterocycles. The fourth-order valence-corrected chi connectivity index (χ4v) is 3.03. The molecule has 0 N–H and O–H groups in total. The predicted octanol–water partition coefficient (Wildman–Crippen LogP) is 4.26. The van der Waals surface area contributed by atoms with Crippen molar-refractivity contribution in [2.45, 2.75) is 18.4 Å². The highest BCUT2D eigenvalue weighted by molar-refractivity contribution is 7.99. The summed E-state index contributed by atoms with van der Waals surface area (Å²) in [5, 5.41) is 4.17. The van der Waals surface area contributed by atoms with Gasteiger partial charge in [-0.25, -0.2) is 4.79 Å². The van der Waals surface area contributed by atoms with Gasteiger partial charge in [0.05, 0.1) is 17.0 Å². The number of aromatic nitrogens is 2. The number of carbonyl (C=O) groups excluding carboxylic acids is 1. The average molecular weight is 338 g/mol. The van der Waals surface area contributed by atoms with E-state index in [1.165, 1.54) is 0 Å². The van der Waals surface area contributed by atoms with Crippen LogP contribution < -0.4 is 4.74 Å². The maximum absolute atomic E-state index is 12.3. The van der Waals surface area contributed by atoms with Crippen molar-refractivity contribution in [3.63, 3.8) is 0 Å². The van der Waals surface area contributed by atoms with Gasteiger partial charge in [0.2, 0.25) is 0 Å². The first-order valence-corrected chi connectivity index (χ1v) is 8.75. The molecule has 0 saturated heterocycles. The van der Waals surface area contributed by atoms with Crippen molar-refractivity contribution in [2.24, 2.45) is 0 Å². The first-order chi connectivity index (χ1) is 11.8. The molecule has 0 amide bonds. The smallest absolute Gasteiger partial charge is 0.343 e. The normalized spacial score (nSPS) is 10.5. The number of para-hydroxylation sites is 1. The van der Waals surface area contributed by atoms with E-state index in [2.05, 4.69) is 12.0 Å². The van der Waals surface area contributed by atoms with E-state index in [0.29, 0.717) is 17.9 Å². The van der Waals surface area contributed by atoms with Crippen molar-refractivity contribution >= 4 is 17.7 Å². The SMILES string of the molecule is CCSc1ccccc1OC(=O)c1ccc(Cn2cccn2)cc1. The van der Waals surface area contributed by atoms with Crippen molar-refractivity contribution in [2.75, 3.05) is 5.75 Å². The Morgan fingerprint density at radius 1 is 1.12 bits per heavy atom. The van der Waals surface area contributed by atoms with E-state index < -0.39 is 0 Å². The van der Waals surface area contributed by atoms with E-state index in [0.717, 1.165) is 16.2 Å². The largest absolute Gasteiger partial charge is 0.422 e. The first-order valence-electron chi connectivity index (χ1n) is 7.76. The van der Waals surface area contributed by atoms with Gasteiger partial charge in [0.1, 0.15) is 5.75 Å². The molecule has 24 heavy (non-hydrogen) atoms. The summed E-state index contributed by atoms with van der Waals surface area (Å²) < 4.78 is 7.39. The van der Waals surface area contributed by atoms with Crippen molar-refractivity contribution in [3.05, 3.63) is 78.1 Å². The number of nitrogens with zero attached hydrogens (tertiary/aromatic N) is 2. The zero-order valence-electron chi connectivity index (χ0n) is 13.4. The molecule has 0 atom stereocenters. The third-order valence-electron chi connectivity index (χ3n) is 3.45. The second-order valence-corrected chi connectivity index (χ2v) is 6.48. The van der Waals surface area contributed by atoms with Crippen molar-refractivity contribution in [1.82, 2.24) is 9.78 Å². The van der Waals surface area contributed by atoms with Crippen LogP contribution in [0.5, 0.6) is 5.75 Å². The molecule has 2 aromatic carbocycles. The van der Waals surface area contributed by atoms with Crippen LogP contribution in [0.25, 0.3) is 0 Å². The number of benzene rings is 2. The van der Waals surface area contributed by atoms with Gasteiger partial charge in [-0.05, 0) is 41.6 Å². The van der Waals surface area contributed by atoms with Gasteiger partial charge in [0.25, 0.3) is 0 Å². The number of thioether (sulfide) groups is 1. The summed E-state index contributed by atoms with van der Waals surface area (Å²) in [4.78, 5) is 13.3. The highest BCUT2D eigenvalue weighted by atomic mass is 32.2. The maximum Gasteiger partial charge on any atom is 0.343 e. The number of rotatable bonds is 6. The lowest BCUT2D eigenvalue weighted by Crippen LogP contribution is -2.09. The Morgan fingerprint density at radius 3 is 2.62 bits per heavy atom. The van der Waals surface area contributed by atoms with E-state index in [4.69, 9.17) is 4.74 Å². The van der Waals surface area contributed by atoms with Crippen LogP contribution >= 0.6 is 11.8 Å². The van der Waals surface area contributed by atoms with E-state index in [-0.39, 0.29) is 5.97 Å². The van der Waals surface area contributed by atoms with Crippen molar-refractivity contribution in [1.29, 1.82) is 0 Å². The number of hydrogen-bond donors (Lipinski definition) is 0. The summed E-state index contributed by atoms with van der Waals surface area (Å²) in [6.07, 6.45) is 3.65. The van der Waals surface area contributed by atoms with E-state index >= 15 is 0 Å². The zero-order chi connectivity index (χ0) is 16.8. The Hall–Kier alpha value is -2.53. The summed E-state index contributed by atoms with van der Waals surface area (Å²) in [5.41, 5.74) is 1.62. The van der Waals surface area contributed by atoms with Crippen LogP contribution in [0, 0.1) is 0 Å². The number of esters is 1. The summed E-state index contributed by atoms with van der Waals surface area (Å²) in [5.74, 6) is 1.19. The minimum atomic E-state index is -0.343. The van der Waals surface area contributed by atoms with Crippen LogP contribution in [-0.2, 0) is 6.54 Å². The average Bonchev–Trinajstić information content (AvgIpc) is 3.10. The lowest BCUT2D eigenvalue weighted by molar-refractivity contribution is 0.0730. The van der Waals surface area contributed by atoms with Crippen LogP contribution in [-0.4, -0.2) is 21.5 Å². The molecule has 5 heteroatoms.